The maximum absolute atomic E-state index is 14.3. The minimum Gasteiger partial charge on any atom is -0.497 e. The highest BCUT2D eigenvalue weighted by molar-refractivity contribution is 9.10. The number of amides is 2. The number of nitrogens with zero attached hydrogens (tertiary/aromatic N) is 2. The van der Waals surface area contributed by atoms with E-state index < -0.39 is 28.5 Å². The molecular weight excluding hydrogens is 630 g/mol. The molecule has 0 bridgehead atoms. The molecule has 0 aliphatic rings. The van der Waals surface area contributed by atoms with Crippen LogP contribution in [0.1, 0.15) is 18.1 Å². The fraction of sp³-hybridized carbons (Fsp3) is 0.212. The lowest BCUT2D eigenvalue weighted by molar-refractivity contribution is -0.140. The first-order valence-corrected chi connectivity index (χ1v) is 16.0. The number of para-hydroxylation sites is 1. The van der Waals surface area contributed by atoms with Crippen molar-refractivity contribution < 1.29 is 22.7 Å². The molecular formula is C33H34BrN3O5S. The Balaban J connectivity index is 1.77. The second-order valence-corrected chi connectivity index (χ2v) is 12.5. The molecule has 4 aromatic carbocycles. The van der Waals surface area contributed by atoms with Crippen LogP contribution in [0.4, 0.5) is 5.69 Å². The van der Waals surface area contributed by atoms with Gasteiger partial charge >= 0.3 is 0 Å². The Labute approximate surface area is 261 Å². The van der Waals surface area contributed by atoms with Crippen LogP contribution in [0, 0.1) is 0 Å². The van der Waals surface area contributed by atoms with Gasteiger partial charge in [0.2, 0.25) is 11.8 Å². The van der Waals surface area contributed by atoms with Gasteiger partial charge in [0.1, 0.15) is 18.3 Å². The molecule has 0 aliphatic carbocycles. The van der Waals surface area contributed by atoms with Crippen molar-refractivity contribution in [3.63, 3.8) is 0 Å². The lowest BCUT2D eigenvalue weighted by Gasteiger charge is -2.33. The zero-order valence-corrected chi connectivity index (χ0v) is 26.4. The molecule has 43 heavy (non-hydrogen) atoms. The van der Waals surface area contributed by atoms with Crippen LogP contribution in [0.2, 0.25) is 0 Å². The minimum atomic E-state index is -4.18. The van der Waals surface area contributed by atoms with Crippen molar-refractivity contribution in [1.82, 2.24) is 10.2 Å². The number of hydrogen-bond acceptors (Lipinski definition) is 5. The van der Waals surface area contributed by atoms with Gasteiger partial charge in [-0.3, -0.25) is 13.9 Å². The second-order valence-electron chi connectivity index (χ2n) is 9.77. The van der Waals surface area contributed by atoms with E-state index in [-0.39, 0.29) is 23.8 Å². The number of hydrogen-bond donors (Lipinski definition) is 1. The van der Waals surface area contributed by atoms with Crippen LogP contribution in [-0.2, 0) is 32.6 Å². The summed E-state index contributed by atoms with van der Waals surface area (Å²) in [7, 11) is -2.68. The van der Waals surface area contributed by atoms with Crippen molar-refractivity contribution in [2.24, 2.45) is 0 Å². The lowest BCUT2D eigenvalue weighted by Crippen LogP contribution is -2.53. The summed E-state index contributed by atoms with van der Waals surface area (Å²) in [4.78, 5) is 29.3. The van der Waals surface area contributed by atoms with E-state index in [0.29, 0.717) is 18.0 Å². The molecule has 0 aromatic heterocycles. The zero-order chi connectivity index (χ0) is 30.8. The molecule has 0 heterocycles. The highest BCUT2D eigenvalue weighted by Crippen LogP contribution is 2.26. The minimum absolute atomic E-state index is 0.00831. The Bertz CT molecular complexity index is 1600. The first-order valence-electron chi connectivity index (χ1n) is 13.8. The molecule has 4 aromatic rings. The average molecular weight is 665 g/mol. The van der Waals surface area contributed by atoms with E-state index in [1.807, 2.05) is 61.5 Å². The van der Waals surface area contributed by atoms with Gasteiger partial charge in [-0.15, -0.1) is 0 Å². The van der Waals surface area contributed by atoms with Crippen LogP contribution < -0.4 is 14.4 Å². The van der Waals surface area contributed by atoms with Crippen molar-refractivity contribution in [1.29, 1.82) is 0 Å². The van der Waals surface area contributed by atoms with E-state index >= 15 is 0 Å². The Morgan fingerprint density at radius 1 is 0.837 bits per heavy atom. The van der Waals surface area contributed by atoms with Crippen LogP contribution >= 0.6 is 15.9 Å². The maximum atomic E-state index is 14.3. The SMILES string of the molecule is CCNC(=O)C(Cc1ccccc1)N(Cc1ccc(Br)cc1)C(=O)CN(c1ccccc1)S(=O)(=O)c1ccc(OC)cc1. The first kappa shape index (κ1) is 31.8. The number of sulfonamides is 1. The van der Waals surface area contributed by atoms with Crippen molar-refractivity contribution in [2.45, 2.75) is 30.8 Å². The third-order valence-electron chi connectivity index (χ3n) is 6.86. The molecule has 0 saturated heterocycles. The Morgan fingerprint density at radius 2 is 1.44 bits per heavy atom. The van der Waals surface area contributed by atoms with E-state index in [4.69, 9.17) is 4.74 Å². The van der Waals surface area contributed by atoms with E-state index in [9.17, 15) is 18.0 Å². The van der Waals surface area contributed by atoms with Gasteiger partial charge in [-0.2, -0.15) is 0 Å². The molecule has 1 unspecified atom stereocenters. The molecule has 4 rings (SSSR count). The average Bonchev–Trinajstić information content (AvgIpc) is 3.03. The van der Waals surface area contributed by atoms with Gasteiger partial charge in [0.25, 0.3) is 10.0 Å². The number of carbonyl (C=O) groups is 2. The predicted octanol–water partition coefficient (Wildman–Crippen LogP) is 5.43. The smallest absolute Gasteiger partial charge is 0.264 e. The third-order valence-corrected chi connectivity index (χ3v) is 9.18. The second kappa shape index (κ2) is 14.8. The number of anilines is 1. The predicted molar refractivity (Wildman–Crippen MR) is 171 cm³/mol. The summed E-state index contributed by atoms with van der Waals surface area (Å²) in [5.74, 6) is -0.329. The van der Waals surface area contributed by atoms with Crippen LogP contribution in [-0.4, -0.2) is 51.4 Å². The molecule has 1 N–H and O–H groups in total. The Morgan fingerprint density at radius 3 is 2.02 bits per heavy atom. The third kappa shape index (κ3) is 8.24. The van der Waals surface area contributed by atoms with E-state index in [1.165, 1.54) is 24.1 Å². The van der Waals surface area contributed by atoms with Crippen molar-refractivity contribution >= 4 is 43.5 Å². The summed E-state index contributed by atoms with van der Waals surface area (Å²) in [5, 5.41) is 2.86. The number of nitrogens with one attached hydrogen (secondary N) is 1. The van der Waals surface area contributed by atoms with Gasteiger partial charge in [0.15, 0.2) is 0 Å². The summed E-state index contributed by atoms with van der Waals surface area (Å²) in [6.45, 7) is 1.79. The Kier molecular flexibility index (Phi) is 11.0. The number of rotatable bonds is 13. The van der Waals surface area contributed by atoms with Crippen LogP contribution in [0.3, 0.4) is 0 Å². The summed E-state index contributed by atoms with van der Waals surface area (Å²) in [6, 6.07) is 30.5. The summed E-state index contributed by atoms with van der Waals surface area (Å²) in [5.41, 5.74) is 1.99. The van der Waals surface area contributed by atoms with Gasteiger partial charge in [-0.25, -0.2) is 8.42 Å². The fourth-order valence-corrected chi connectivity index (χ4v) is 6.31. The van der Waals surface area contributed by atoms with Crippen molar-refractivity contribution in [3.05, 3.63) is 125 Å². The highest BCUT2D eigenvalue weighted by atomic mass is 79.9. The van der Waals surface area contributed by atoms with Crippen LogP contribution in [0.25, 0.3) is 0 Å². The molecule has 0 radical (unpaired) electrons. The molecule has 0 aliphatic heterocycles. The van der Waals surface area contributed by atoms with Gasteiger partial charge in [0, 0.05) is 24.0 Å². The summed E-state index contributed by atoms with van der Waals surface area (Å²) >= 11 is 3.44. The Hall–Kier alpha value is -4.15. The van der Waals surface area contributed by atoms with E-state index in [2.05, 4.69) is 21.2 Å². The molecule has 8 nitrogen and oxygen atoms in total. The standard InChI is InChI=1S/C33H34BrN3O5S/c1-3-35-33(39)31(22-25-10-6-4-7-11-25)36(23-26-14-16-27(34)17-15-26)32(38)24-37(28-12-8-5-9-13-28)43(40,41)30-20-18-29(42-2)19-21-30/h4-21,31H,3,22-24H2,1-2H3,(H,35,39). The van der Waals surface area contributed by atoms with Crippen molar-refractivity contribution in [3.8, 4) is 5.75 Å². The quantitative estimate of drug-likeness (QED) is 0.206. The monoisotopic (exact) mass is 663 g/mol. The molecule has 1 atom stereocenters. The maximum Gasteiger partial charge on any atom is 0.264 e. The number of ether oxygens (including phenoxy) is 1. The molecule has 0 fully saturated rings. The summed E-state index contributed by atoms with van der Waals surface area (Å²) < 4.78 is 35.2. The van der Waals surface area contributed by atoms with Crippen molar-refractivity contribution in [2.75, 3.05) is 24.5 Å². The van der Waals surface area contributed by atoms with Gasteiger partial charge in [0.05, 0.1) is 17.7 Å². The normalized spacial score (nSPS) is 11.8. The fourth-order valence-electron chi connectivity index (χ4n) is 4.63. The van der Waals surface area contributed by atoms with Gasteiger partial charge < -0.3 is 15.0 Å². The lowest BCUT2D eigenvalue weighted by atomic mass is 10.0. The highest BCUT2D eigenvalue weighted by Gasteiger charge is 2.34. The molecule has 0 spiro atoms. The molecule has 224 valence electrons. The van der Waals surface area contributed by atoms with Crippen LogP contribution in [0.5, 0.6) is 5.75 Å². The van der Waals surface area contributed by atoms with E-state index in [1.54, 1.807) is 42.5 Å². The largest absolute Gasteiger partial charge is 0.497 e. The number of benzene rings is 4. The van der Waals surface area contributed by atoms with Gasteiger partial charge in [-0.1, -0.05) is 76.6 Å². The van der Waals surface area contributed by atoms with Gasteiger partial charge in [-0.05, 0) is 66.6 Å². The molecule has 10 heteroatoms. The number of likely N-dealkylation sites (N-methyl/N-ethyl adjacent to an activating group) is 1. The topological polar surface area (TPSA) is 96.0 Å². The van der Waals surface area contributed by atoms with E-state index in [0.717, 1.165) is 19.9 Å². The van der Waals surface area contributed by atoms with Crippen LogP contribution in [0.15, 0.2) is 119 Å². The number of halogens is 1. The molecule has 2 amide bonds. The zero-order valence-electron chi connectivity index (χ0n) is 24.0. The number of carbonyl (C=O) groups excluding carboxylic acids is 2. The first-order chi connectivity index (χ1) is 20.7. The number of methoxy groups -OCH3 is 1. The summed E-state index contributed by atoms with van der Waals surface area (Å²) in [6.07, 6.45) is 0.255. The molecule has 0 saturated carbocycles.